The molecule has 27 heavy (non-hydrogen) atoms. The molecule has 1 aliphatic rings. The van der Waals surface area contributed by atoms with Gasteiger partial charge >= 0.3 is 0 Å². The Balaban J connectivity index is 1.72. The summed E-state index contributed by atoms with van der Waals surface area (Å²) in [6.45, 7) is 6.40. The average molecular weight is 366 g/mol. The highest BCUT2D eigenvalue weighted by molar-refractivity contribution is 5.74. The van der Waals surface area contributed by atoms with Gasteiger partial charge in [-0.2, -0.15) is 4.98 Å². The number of benzene rings is 1. The molecule has 0 amide bonds. The molecule has 3 heterocycles. The summed E-state index contributed by atoms with van der Waals surface area (Å²) in [7, 11) is 1.81. The van der Waals surface area contributed by atoms with Gasteiger partial charge in [-0.05, 0) is 18.9 Å². The third kappa shape index (κ3) is 3.35. The summed E-state index contributed by atoms with van der Waals surface area (Å²) in [5.74, 6) is 1.64. The first-order chi connectivity index (χ1) is 13.2. The number of aryl methyl sites for hydroxylation is 3. The molecule has 0 spiro atoms. The minimum atomic E-state index is -0.0150. The van der Waals surface area contributed by atoms with Crippen LogP contribution in [0.5, 0.6) is 0 Å². The lowest BCUT2D eigenvalue weighted by Crippen LogP contribution is -2.44. The zero-order valence-corrected chi connectivity index (χ0v) is 16.0. The highest BCUT2D eigenvalue weighted by Gasteiger charge is 2.22. The molecule has 4 rings (SSSR count). The van der Waals surface area contributed by atoms with E-state index < -0.39 is 0 Å². The van der Waals surface area contributed by atoms with Crippen LogP contribution in [-0.2, 0) is 26.4 Å². The standard InChI is InChI=1S/C20H26N6O/c1-3-26-17-18(23-20(26)25-13-11-21-12-14-25)22-16(24(2)19(17)27)10-9-15-7-5-4-6-8-15/h4-8,21H,3,9-14H2,1-2H3. The van der Waals surface area contributed by atoms with Crippen molar-refractivity contribution in [2.75, 3.05) is 31.1 Å². The maximum atomic E-state index is 13.1. The molecule has 3 aromatic rings. The predicted octanol–water partition coefficient (Wildman–Crippen LogP) is 1.34. The number of piperazine rings is 1. The Labute approximate surface area is 158 Å². The van der Waals surface area contributed by atoms with Gasteiger partial charge in [0.25, 0.3) is 5.56 Å². The molecule has 0 aliphatic carbocycles. The second kappa shape index (κ2) is 7.52. The maximum absolute atomic E-state index is 13.1. The molecule has 7 nitrogen and oxygen atoms in total. The lowest BCUT2D eigenvalue weighted by molar-refractivity contribution is 0.569. The fourth-order valence-electron chi connectivity index (χ4n) is 3.72. The fraction of sp³-hybridized carbons (Fsp3) is 0.450. The molecule has 0 unspecified atom stereocenters. The van der Waals surface area contributed by atoms with Gasteiger partial charge in [0.1, 0.15) is 5.82 Å². The summed E-state index contributed by atoms with van der Waals surface area (Å²) in [6, 6.07) is 10.3. The predicted molar refractivity (Wildman–Crippen MR) is 107 cm³/mol. The molecule has 1 aromatic carbocycles. The monoisotopic (exact) mass is 366 g/mol. The zero-order valence-electron chi connectivity index (χ0n) is 16.0. The van der Waals surface area contributed by atoms with Gasteiger partial charge in [0.05, 0.1) is 0 Å². The molecule has 0 bridgehead atoms. The molecule has 0 radical (unpaired) electrons. The molecule has 0 saturated carbocycles. The van der Waals surface area contributed by atoms with Crippen molar-refractivity contribution in [1.29, 1.82) is 0 Å². The fourth-order valence-corrected chi connectivity index (χ4v) is 3.72. The summed E-state index contributed by atoms with van der Waals surface area (Å²) in [6.07, 6.45) is 1.57. The van der Waals surface area contributed by atoms with Crippen LogP contribution in [-0.4, -0.2) is 45.3 Å². The largest absolute Gasteiger partial charge is 0.340 e. The van der Waals surface area contributed by atoms with Crippen LogP contribution in [0.4, 0.5) is 5.95 Å². The maximum Gasteiger partial charge on any atom is 0.279 e. The summed E-state index contributed by atoms with van der Waals surface area (Å²) in [4.78, 5) is 24.8. The smallest absolute Gasteiger partial charge is 0.279 e. The van der Waals surface area contributed by atoms with Crippen molar-refractivity contribution >= 4 is 17.1 Å². The van der Waals surface area contributed by atoms with E-state index in [1.165, 1.54) is 5.56 Å². The summed E-state index contributed by atoms with van der Waals surface area (Å²) in [5, 5.41) is 3.36. The van der Waals surface area contributed by atoms with Crippen molar-refractivity contribution in [2.45, 2.75) is 26.3 Å². The Morgan fingerprint density at radius 1 is 1.07 bits per heavy atom. The first-order valence-corrected chi connectivity index (χ1v) is 9.64. The third-order valence-electron chi connectivity index (χ3n) is 5.25. The summed E-state index contributed by atoms with van der Waals surface area (Å²) < 4.78 is 3.69. The lowest BCUT2D eigenvalue weighted by atomic mass is 10.1. The van der Waals surface area contributed by atoms with Crippen LogP contribution in [0.1, 0.15) is 18.3 Å². The van der Waals surface area contributed by atoms with E-state index in [4.69, 9.17) is 9.97 Å². The van der Waals surface area contributed by atoms with Gasteiger partial charge < -0.3 is 14.8 Å². The number of nitrogens with zero attached hydrogens (tertiary/aromatic N) is 5. The van der Waals surface area contributed by atoms with Crippen molar-refractivity contribution in [3.05, 3.63) is 52.1 Å². The van der Waals surface area contributed by atoms with E-state index in [-0.39, 0.29) is 5.56 Å². The molecule has 1 aliphatic heterocycles. The number of imidazole rings is 1. The first-order valence-electron chi connectivity index (χ1n) is 9.64. The van der Waals surface area contributed by atoms with E-state index in [0.717, 1.165) is 44.4 Å². The Morgan fingerprint density at radius 2 is 1.81 bits per heavy atom. The molecule has 2 aromatic heterocycles. The molecular weight excluding hydrogens is 340 g/mol. The van der Waals surface area contributed by atoms with Gasteiger partial charge in [0.15, 0.2) is 11.2 Å². The van der Waals surface area contributed by atoms with E-state index in [2.05, 4.69) is 29.3 Å². The van der Waals surface area contributed by atoms with Crippen LogP contribution in [0.3, 0.4) is 0 Å². The van der Waals surface area contributed by atoms with E-state index in [1.54, 1.807) is 4.57 Å². The Hall–Kier alpha value is -2.67. The van der Waals surface area contributed by atoms with E-state index in [9.17, 15) is 4.79 Å². The number of rotatable bonds is 5. The van der Waals surface area contributed by atoms with Crippen molar-refractivity contribution in [3.63, 3.8) is 0 Å². The highest BCUT2D eigenvalue weighted by Crippen LogP contribution is 2.20. The number of hydrogen-bond donors (Lipinski definition) is 1. The van der Waals surface area contributed by atoms with E-state index in [0.29, 0.717) is 24.1 Å². The molecule has 1 N–H and O–H groups in total. The SMILES string of the molecule is CCn1c(N2CCNCC2)nc2nc(CCc3ccccc3)n(C)c(=O)c21. The summed E-state index contributed by atoms with van der Waals surface area (Å²) >= 11 is 0. The second-order valence-electron chi connectivity index (χ2n) is 6.94. The van der Waals surface area contributed by atoms with Crippen molar-refractivity contribution in [2.24, 2.45) is 7.05 Å². The average Bonchev–Trinajstić information content (AvgIpc) is 3.09. The number of nitrogens with one attached hydrogen (secondary N) is 1. The van der Waals surface area contributed by atoms with Crippen LogP contribution in [0, 0.1) is 0 Å². The third-order valence-corrected chi connectivity index (χ3v) is 5.25. The van der Waals surface area contributed by atoms with Gasteiger partial charge in [0.2, 0.25) is 5.95 Å². The van der Waals surface area contributed by atoms with E-state index >= 15 is 0 Å². The zero-order chi connectivity index (χ0) is 18.8. The van der Waals surface area contributed by atoms with Crippen molar-refractivity contribution in [1.82, 2.24) is 24.4 Å². The quantitative estimate of drug-likeness (QED) is 0.738. The van der Waals surface area contributed by atoms with Crippen LogP contribution >= 0.6 is 0 Å². The number of hydrogen-bond acceptors (Lipinski definition) is 5. The van der Waals surface area contributed by atoms with Gasteiger partial charge in [0, 0.05) is 46.2 Å². The molecule has 142 valence electrons. The van der Waals surface area contributed by atoms with Gasteiger partial charge in [-0.25, -0.2) is 4.98 Å². The number of fused-ring (bicyclic) bond motifs is 1. The van der Waals surface area contributed by atoms with Crippen LogP contribution in [0.15, 0.2) is 35.1 Å². The lowest BCUT2D eigenvalue weighted by Gasteiger charge is -2.28. The van der Waals surface area contributed by atoms with E-state index in [1.807, 2.05) is 29.8 Å². The minimum absolute atomic E-state index is 0.0150. The minimum Gasteiger partial charge on any atom is -0.340 e. The van der Waals surface area contributed by atoms with Gasteiger partial charge in [-0.15, -0.1) is 0 Å². The molecule has 1 saturated heterocycles. The molecule has 7 heteroatoms. The number of anilines is 1. The molecular formula is C20H26N6O. The normalized spacial score (nSPS) is 14.8. The highest BCUT2D eigenvalue weighted by atomic mass is 16.1. The number of aromatic nitrogens is 4. The second-order valence-corrected chi connectivity index (χ2v) is 6.94. The van der Waals surface area contributed by atoms with Gasteiger partial charge in [-0.3, -0.25) is 9.36 Å². The van der Waals surface area contributed by atoms with Crippen LogP contribution in [0.2, 0.25) is 0 Å². The van der Waals surface area contributed by atoms with Crippen molar-refractivity contribution in [3.8, 4) is 0 Å². The first kappa shape index (κ1) is 17.7. The van der Waals surface area contributed by atoms with Gasteiger partial charge in [-0.1, -0.05) is 30.3 Å². The Kier molecular flexibility index (Phi) is 4.94. The Morgan fingerprint density at radius 3 is 2.52 bits per heavy atom. The van der Waals surface area contributed by atoms with Crippen LogP contribution in [0.25, 0.3) is 11.2 Å². The summed E-state index contributed by atoms with van der Waals surface area (Å²) in [5.41, 5.74) is 2.40. The molecule has 1 fully saturated rings. The topological polar surface area (TPSA) is 68.0 Å². The Bertz CT molecular complexity index is 985. The van der Waals surface area contributed by atoms with Crippen LogP contribution < -0.4 is 15.8 Å². The molecule has 0 atom stereocenters. The van der Waals surface area contributed by atoms with Crippen molar-refractivity contribution < 1.29 is 0 Å².